The fourth-order valence-electron chi connectivity index (χ4n) is 0.942. The molecule has 0 saturated carbocycles. The standard InChI is InChI=1S/C8H15N3O4/c9-4-3-7(13)11-5(8(14)15)1-2-6(10)12/h5H,1-4,9H2,(H2,10,12)(H,11,13)(H,14,15)/t5-/m0/s1. The Hall–Kier alpha value is -1.63. The predicted octanol–water partition coefficient (Wildman–Crippen LogP) is -1.83. The Morgan fingerprint density at radius 3 is 2.27 bits per heavy atom. The molecule has 0 aromatic rings. The summed E-state index contributed by atoms with van der Waals surface area (Å²) in [5, 5.41) is 11.0. The van der Waals surface area contributed by atoms with E-state index < -0.39 is 23.8 Å². The summed E-state index contributed by atoms with van der Waals surface area (Å²) in [6, 6.07) is -1.09. The van der Waals surface area contributed by atoms with Crippen LogP contribution in [0.3, 0.4) is 0 Å². The Labute approximate surface area is 86.8 Å². The van der Waals surface area contributed by atoms with Gasteiger partial charge in [-0.3, -0.25) is 9.59 Å². The maximum absolute atomic E-state index is 11.0. The van der Waals surface area contributed by atoms with E-state index in [-0.39, 0.29) is 25.8 Å². The van der Waals surface area contributed by atoms with Gasteiger partial charge in [0.1, 0.15) is 6.04 Å². The summed E-state index contributed by atoms with van der Waals surface area (Å²) in [6.07, 6.45) is -0.0405. The number of aliphatic carboxylic acids is 1. The van der Waals surface area contributed by atoms with Crippen LogP contribution in [0, 0.1) is 0 Å². The zero-order valence-corrected chi connectivity index (χ0v) is 8.23. The van der Waals surface area contributed by atoms with Crippen LogP contribution in [0.2, 0.25) is 0 Å². The third kappa shape index (κ3) is 6.44. The Morgan fingerprint density at radius 2 is 1.87 bits per heavy atom. The molecule has 15 heavy (non-hydrogen) atoms. The molecule has 0 aliphatic rings. The summed E-state index contributed by atoms with van der Waals surface area (Å²) >= 11 is 0. The van der Waals surface area contributed by atoms with Gasteiger partial charge in [0, 0.05) is 19.4 Å². The summed E-state index contributed by atoms with van der Waals surface area (Å²) in [4.78, 5) is 32.1. The molecule has 0 radical (unpaired) electrons. The van der Waals surface area contributed by atoms with Crippen molar-refractivity contribution < 1.29 is 19.5 Å². The fraction of sp³-hybridized carbons (Fsp3) is 0.625. The molecule has 0 aliphatic carbocycles. The quantitative estimate of drug-likeness (QED) is 0.397. The van der Waals surface area contributed by atoms with E-state index in [1.807, 2.05) is 0 Å². The monoisotopic (exact) mass is 217 g/mol. The van der Waals surface area contributed by atoms with Gasteiger partial charge in [-0.15, -0.1) is 0 Å². The second-order valence-electron chi connectivity index (χ2n) is 3.00. The van der Waals surface area contributed by atoms with Crippen LogP contribution in [0.25, 0.3) is 0 Å². The minimum Gasteiger partial charge on any atom is -0.480 e. The average Bonchev–Trinajstić information content (AvgIpc) is 2.11. The normalized spacial score (nSPS) is 11.8. The number of rotatable bonds is 7. The molecule has 7 nitrogen and oxygen atoms in total. The van der Waals surface area contributed by atoms with Crippen molar-refractivity contribution in [1.29, 1.82) is 0 Å². The number of nitrogens with two attached hydrogens (primary N) is 2. The lowest BCUT2D eigenvalue weighted by Crippen LogP contribution is -2.41. The van der Waals surface area contributed by atoms with Crippen LogP contribution in [0.5, 0.6) is 0 Å². The molecule has 0 saturated heterocycles. The minimum atomic E-state index is -1.19. The Balaban J connectivity index is 4.10. The van der Waals surface area contributed by atoms with E-state index in [4.69, 9.17) is 16.6 Å². The number of carboxylic acids is 1. The summed E-state index contributed by atoms with van der Waals surface area (Å²) in [5.41, 5.74) is 9.99. The molecule has 0 bridgehead atoms. The first-order valence-electron chi connectivity index (χ1n) is 4.48. The van der Waals surface area contributed by atoms with Crippen LogP contribution in [0.15, 0.2) is 0 Å². The van der Waals surface area contributed by atoms with Gasteiger partial charge in [-0.2, -0.15) is 0 Å². The predicted molar refractivity (Wildman–Crippen MR) is 51.7 cm³/mol. The van der Waals surface area contributed by atoms with Crippen molar-refractivity contribution >= 4 is 17.8 Å². The van der Waals surface area contributed by atoms with Crippen molar-refractivity contribution in [3.05, 3.63) is 0 Å². The molecule has 6 N–H and O–H groups in total. The average molecular weight is 217 g/mol. The third-order valence-electron chi connectivity index (χ3n) is 1.68. The lowest BCUT2D eigenvalue weighted by Gasteiger charge is -2.12. The van der Waals surface area contributed by atoms with Crippen LogP contribution in [-0.4, -0.2) is 35.5 Å². The maximum Gasteiger partial charge on any atom is 0.326 e. The van der Waals surface area contributed by atoms with Crippen molar-refractivity contribution in [2.24, 2.45) is 11.5 Å². The summed E-state index contributed by atoms with van der Waals surface area (Å²) in [5.74, 6) is -2.25. The molecule has 0 heterocycles. The van der Waals surface area contributed by atoms with Crippen molar-refractivity contribution in [2.45, 2.75) is 25.3 Å². The number of carboxylic acid groups (broad SMARTS) is 1. The largest absolute Gasteiger partial charge is 0.480 e. The zero-order valence-electron chi connectivity index (χ0n) is 8.23. The van der Waals surface area contributed by atoms with Gasteiger partial charge >= 0.3 is 5.97 Å². The molecule has 1 atom stereocenters. The molecular weight excluding hydrogens is 202 g/mol. The molecule has 0 unspecified atom stereocenters. The molecule has 0 aliphatic heterocycles. The zero-order chi connectivity index (χ0) is 11.8. The van der Waals surface area contributed by atoms with E-state index >= 15 is 0 Å². The number of hydrogen-bond acceptors (Lipinski definition) is 4. The number of nitrogens with one attached hydrogen (secondary N) is 1. The molecule has 7 heteroatoms. The van der Waals surface area contributed by atoms with Gasteiger partial charge < -0.3 is 21.9 Å². The second-order valence-corrected chi connectivity index (χ2v) is 3.00. The SMILES string of the molecule is NCCC(=O)N[C@@H](CCC(N)=O)C(=O)O. The van der Waals surface area contributed by atoms with Gasteiger partial charge in [0.25, 0.3) is 0 Å². The van der Waals surface area contributed by atoms with Crippen LogP contribution < -0.4 is 16.8 Å². The molecule has 0 aromatic carbocycles. The summed E-state index contributed by atoms with van der Waals surface area (Å²) < 4.78 is 0. The fourth-order valence-corrected chi connectivity index (χ4v) is 0.942. The Kier molecular flexibility index (Phi) is 6.03. The number of hydrogen-bond donors (Lipinski definition) is 4. The first-order valence-corrected chi connectivity index (χ1v) is 4.48. The van der Waals surface area contributed by atoms with Crippen LogP contribution in [-0.2, 0) is 14.4 Å². The second kappa shape index (κ2) is 6.77. The molecule has 0 aromatic heterocycles. The van der Waals surface area contributed by atoms with Crippen molar-refractivity contribution in [3.63, 3.8) is 0 Å². The maximum atomic E-state index is 11.0. The number of carbonyl (C=O) groups excluding carboxylic acids is 2. The Bertz CT molecular complexity index is 254. The van der Waals surface area contributed by atoms with Gasteiger partial charge in [-0.25, -0.2) is 4.79 Å². The van der Waals surface area contributed by atoms with Crippen molar-refractivity contribution in [2.75, 3.05) is 6.54 Å². The number of primary amides is 1. The molecule has 0 spiro atoms. The van der Waals surface area contributed by atoms with E-state index in [0.717, 1.165) is 0 Å². The first-order chi connectivity index (χ1) is 6.97. The van der Waals surface area contributed by atoms with Crippen LogP contribution in [0.4, 0.5) is 0 Å². The highest BCUT2D eigenvalue weighted by Crippen LogP contribution is 1.97. The van der Waals surface area contributed by atoms with E-state index in [1.165, 1.54) is 0 Å². The smallest absolute Gasteiger partial charge is 0.326 e. The minimum absolute atomic E-state index is 0.0129. The van der Waals surface area contributed by atoms with Crippen molar-refractivity contribution in [3.8, 4) is 0 Å². The molecular formula is C8H15N3O4. The van der Waals surface area contributed by atoms with Gasteiger partial charge in [0.15, 0.2) is 0 Å². The van der Waals surface area contributed by atoms with Crippen LogP contribution in [0.1, 0.15) is 19.3 Å². The lowest BCUT2D eigenvalue weighted by molar-refractivity contribution is -0.142. The van der Waals surface area contributed by atoms with Crippen LogP contribution >= 0.6 is 0 Å². The molecule has 0 rings (SSSR count). The van der Waals surface area contributed by atoms with E-state index in [0.29, 0.717) is 0 Å². The third-order valence-corrected chi connectivity index (χ3v) is 1.68. The van der Waals surface area contributed by atoms with Gasteiger partial charge in [-0.1, -0.05) is 0 Å². The first kappa shape index (κ1) is 13.4. The molecule has 2 amide bonds. The Morgan fingerprint density at radius 1 is 1.27 bits per heavy atom. The van der Waals surface area contributed by atoms with Crippen molar-refractivity contribution in [1.82, 2.24) is 5.32 Å². The van der Waals surface area contributed by atoms with Gasteiger partial charge in [0.2, 0.25) is 11.8 Å². The highest BCUT2D eigenvalue weighted by Gasteiger charge is 2.19. The van der Waals surface area contributed by atoms with Gasteiger partial charge in [0.05, 0.1) is 0 Å². The topological polar surface area (TPSA) is 136 Å². The van der Waals surface area contributed by atoms with E-state index in [2.05, 4.69) is 5.32 Å². The molecule has 86 valence electrons. The highest BCUT2D eigenvalue weighted by atomic mass is 16.4. The summed E-state index contributed by atoms with van der Waals surface area (Å²) in [6.45, 7) is 0.147. The van der Waals surface area contributed by atoms with E-state index in [1.54, 1.807) is 0 Å². The lowest BCUT2D eigenvalue weighted by atomic mass is 10.1. The molecule has 0 fully saturated rings. The van der Waals surface area contributed by atoms with E-state index in [9.17, 15) is 14.4 Å². The summed E-state index contributed by atoms with van der Waals surface area (Å²) in [7, 11) is 0. The van der Waals surface area contributed by atoms with Gasteiger partial charge in [-0.05, 0) is 6.42 Å². The number of amides is 2. The highest BCUT2D eigenvalue weighted by molar-refractivity contribution is 5.84. The number of carbonyl (C=O) groups is 3.